The fraction of sp³-hybridized carbons (Fsp3) is 0.467. The maximum absolute atomic E-state index is 13.1. The number of hydrogen-bond acceptors (Lipinski definition) is 3. The number of halogens is 2. The summed E-state index contributed by atoms with van der Waals surface area (Å²) in [6.45, 7) is 6.59. The lowest BCUT2D eigenvalue weighted by molar-refractivity contribution is -0.139. The Balaban J connectivity index is 2.59. The molecule has 0 bridgehead atoms. The molecule has 2 N–H and O–H groups in total. The summed E-state index contributed by atoms with van der Waals surface area (Å²) in [5, 5.41) is 11.4. The Morgan fingerprint density at radius 3 is 2.43 bits per heavy atom. The van der Waals surface area contributed by atoms with Gasteiger partial charge in [0, 0.05) is 14.5 Å². The van der Waals surface area contributed by atoms with Crippen molar-refractivity contribution in [1.82, 2.24) is 5.32 Å². The molecule has 1 rings (SSSR count). The Bertz CT molecular complexity index is 575. The van der Waals surface area contributed by atoms with Gasteiger partial charge in [0.25, 0.3) is 0 Å². The van der Waals surface area contributed by atoms with E-state index in [2.05, 4.69) is 25.0 Å². The summed E-state index contributed by atoms with van der Waals surface area (Å²) in [6.07, 6.45) is -1.01. The van der Waals surface area contributed by atoms with Crippen molar-refractivity contribution in [3.8, 4) is 0 Å². The summed E-state index contributed by atoms with van der Waals surface area (Å²) in [4.78, 5) is 22.8. The number of hydrogen-bond donors (Lipinski definition) is 2. The van der Waals surface area contributed by atoms with E-state index in [1.807, 2.05) is 0 Å². The van der Waals surface area contributed by atoms with E-state index in [-0.39, 0.29) is 18.6 Å². The van der Waals surface area contributed by atoms with Gasteiger partial charge in [-0.3, -0.25) is 0 Å². The van der Waals surface area contributed by atoms with Gasteiger partial charge < -0.3 is 15.2 Å². The molecule has 0 saturated heterocycles. The van der Waals surface area contributed by atoms with E-state index in [1.165, 1.54) is 6.07 Å². The molecular weight excluding hydrogens is 324 g/mol. The van der Waals surface area contributed by atoms with Crippen molar-refractivity contribution in [2.24, 2.45) is 0 Å². The topological polar surface area (TPSA) is 75.6 Å². The second kappa shape index (κ2) is 8.05. The molecule has 23 heavy (non-hydrogen) atoms. The molecule has 1 aromatic carbocycles. The van der Waals surface area contributed by atoms with Crippen LogP contribution in [0.2, 0.25) is 25.7 Å². The number of ether oxygens (including phenoxy) is 1. The molecule has 0 spiro atoms. The quantitative estimate of drug-likeness (QED) is 0.745. The van der Waals surface area contributed by atoms with Gasteiger partial charge in [0.1, 0.15) is 6.04 Å². The van der Waals surface area contributed by atoms with Gasteiger partial charge in [-0.05, 0) is 23.7 Å². The zero-order valence-corrected chi connectivity index (χ0v) is 14.4. The standard InChI is InChI=1S/C15H21F2NO4Si/c1-23(2,3)7-6-22-15(21)18-13(14(19)20)9-10-4-5-11(16)12(17)8-10/h4-5,8,13H,6-7,9H2,1-3H3,(H,18,21)(H,19,20). The molecular formula is C15H21F2NO4Si. The van der Waals surface area contributed by atoms with Crippen LogP contribution in [0.3, 0.4) is 0 Å². The second-order valence-electron chi connectivity index (χ2n) is 6.43. The summed E-state index contributed by atoms with van der Waals surface area (Å²) in [5.74, 6) is -3.36. The third-order valence-corrected chi connectivity index (χ3v) is 4.80. The van der Waals surface area contributed by atoms with Crippen LogP contribution in [0.4, 0.5) is 13.6 Å². The number of carboxylic acid groups (broad SMARTS) is 1. The molecule has 8 heteroatoms. The van der Waals surface area contributed by atoms with Gasteiger partial charge in [0.05, 0.1) is 6.61 Å². The first-order valence-corrected chi connectivity index (χ1v) is 10.9. The number of amides is 1. The van der Waals surface area contributed by atoms with Gasteiger partial charge >= 0.3 is 12.1 Å². The highest BCUT2D eigenvalue weighted by Crippen LogP contribution is 2.11. The van der Waals surface area contributed by atoms with E-state index in [1.54, 1.807) is 0 Å². The van der Waals surface area contributed by atoms with Crippen LogP contribution in [0, 0.1) is 11.6 Å². The zero-order valence-electron chi connectivity index (χ0n) is 13.4. The number of carboxylic acids is 1. The van der Waals surface area contributed by atoms with E-state index >= 15 is 0 Å². The predicted molar refractivity (Wildman–Crippen MR) is 84.1 cm³/mol. The third-order valence-electron chi connectivity index (χ3n) is 3.10. The minimum absolute atomic E-state index is 0.171. The molecule has 1 unspecified atom stereocenters. The number of rotatable bonds is 7. The Kier molecular flexibility index (Phi) is 6.68. The maximum atomic E-state index is 13.1. The fourth-order valence-electron chi connectivity index (χ4n) is 1.74. The highest BCUT2D eigenvalue weighted by Gasteiger charge is 2.22. The van der Waals surface area contributed by atoms with Crippen molar-refractivity contribution < 1.29 is 28.2 Å². The van der Waals surface area contributed by atoms with Crippen molar-refractivity contribution >= 4 is 20.1 Å². The van der Waals surface area contributed by atoms with Crippen LogP contribution in [0.25, 0.3) is 0 Å². The molecule has 1 aromatic rings. The largest absolute Gasteiger partial charge is 0.480 e. The van der Waals surface area contributed by atoms with Crippen LogP contribution in [0.15, 0.2) is 18.2 Å². The molecule has 0 aromatic heterocycles. The molecule has 128 valence electrons. The molecule has 5 nitrogen and oxygen atoms in total. The first kappa shape index (κ1) is 19.1. The number of aliphatic carboxylic acids is 1. The summed E-state index contributed by atoms with van der Waals surface area (Å²) in [5.41, 5.74) is 0.263. The number of alkyl carbamates (subject to hydrolysis) is 1. The van der Waals surface area contributed by atoms with Crippen LogP contribution in [0.1, 0.15) is 5.56 Å². The molecule has 0 aliphatic carbocycles. The smallest absolute Gasteiger partial charge is 0.407 e. The summed E-state index contributed by atoms with van der Waals surface area (Å²) < 4.78 is 31.0. The first-order chi connectivity index (χ1) is 10.6. The maximum Gasteiger partial charge on any atom is 0.407 e. The molecule has 0 aliphatic heterocycles. The van der Waals surface area contributed by atoms with Gasteiger partial charge in [0.15, 0.2) is 11.6 Å². The van der Waals surface area contributed by atoms with Crippen molar-refractivity contribution in [2.45, 2.75) is 38.1 Å². The second-order valence-corrected chi connectivity index (χ2v) is 12.1. The summed E-state index contributed by atoms with van der Waals surface area (Å²) >= 11 is 0. The van der Waals surface area contributed by atoms with Crippen LogP contribution < -0.4 is 5.32 Å². The van der Waals surface area contributed by atoms with Gasteiger partial charge in [0.2, 0.25) is 0 Å². The Hall–Kier alpha value is -1.96. The molecule has 0 saturated carbocycles. The number of nitrogens with one attached hydrogen (secondary N) is 1. The monoisotopic (exact) mass is 345 g/mol. The minimum Gasteiger partial charge on any atom is -0.480 e. The van der Waals surface area contributed by atoms with Gasteiger partial charge in [-0.15, -0.1) is 0 Å². The van der Waals surface area contributed by atoms with E-state index in [9.17, 15) is 18.4 Å². The minimum atomic E-state index is -1.36. The van der Waals surface area contributed by atoms with Crippen molar-refractivity contribution in [3.63, 3.8) is 0 Å². The number of benzene rings is 1. The zero-order chi connectivity index (χ0) is 17.6. The SMILES string of the molecule is C[Si](C)(C)CCOC(=O)NC(Cc1ccc(F)c(F)c1)C(=O)O. The average molecular weight is 345 g/mol. The van der Waals surface area contributed by atoms with E-state index in [0.29, 0.717) is 0 Å². The lowest BCUT2D eigenvalue weighted by atomic mass is 10.1. The fourth-order valence-corrected chi connectivity index (χ4v) is 2.45. The molecule has 1 amide bonds. The normalized spacial score (nSPS) is 12.6. The van der Waals surface area contributed by atoms with Crippen molar-refractivity contribution in [1.29, 1.82) is 0 Å². The van der Waals surface area contributed by atoms with Crippen molar-refractivity contribution in [2.75, 3.05) is 6.61 Å². The van der Waals surface area contributed by atoms with E-state index < -0.39 is 37.8 Å². The summed E-state index contributed by atoms with van der Waals surface area (Å²) in [7, 11) is -1.36. The lowest BCUT2D eigenvalue weighted by Crippen LogP contribution is -2.43. The third kappa shape index (κ3) is 7.23. The van der Waals surface area contributed by atoms with Crippen LogP contribution in [-0.2, 0) is 16.0 Å². The van der Waals surface area contributed by atoms with Crippen molar-refractivity contribution in [3.05, 3.63) is 35.4 Å². The molecule has 0 aliphatic rings. The Morgan fingerprint density at radius 2 is 1.91 bits per heavy atom. The lowest BCUT2D eigenvalue weighted by Gasteiger charge is -2.17. The number of carbonyl (C=O) groups excluding carboxylic acids is 1. The molecule has 0 heterocycles. The Morgan fingerprint density at radius 1 is 1.26 bits per heavy atom. The van der Waals surface area contributed by atoms with Gasteiger partial charge in [-0.25, -0.2) is 18.4 Å². The van der Waals surface area contributed by atoms with Crippen LogP contribution in [0.5, 0.6) is 0 Å². The van der Waals surface area contributed by atoms with E-state index in [0.717, 1.165) is 18.2 Å². The number of carbonyl (C=O) groups is 2. The average Bonchev–Trinajstić information content (AvgIpc) is 2.40. The highest BCUT2D eigenvalue weighted by atomic mass is 28.3. The predicted octanol–water partition coefficient (Wildman–Crippen LogP) is 3.02. The Labute approximate surface area is 134 Å². The van der Waals surface area contributed by atoms with Crippen LogP contribution in [-0.4, -0.2) is 37.9 Å². The van der Waals surface area contributed by atoms with Gasteiger partial charge in [-0.2, -0.15) is 0 Å². The first-order valence-electron chi connectivity index (χ1n) is 7.18. The highest BCUT2D eigenvalue weighted by molar-refractivity contribution is 6.76. The van der Waals surface area contributed by atoms with Crippen LogP contribution >= 0.6 is 0 Å². The van der Waals surface area contributed by atoms with Gasteiger partial charge in [-0.1, -0.05) is 25.7 Å². The molecule has 0 radical (unpaired) electrons. The summed E-state index contributed by atoms with van der Waals surface area (Å²) in [6, 6.07) is 2.58. The van der Waals surface area contributed by atoms with E-state index in [4.69, 9.17) is 9.84 Å². The molecule has 1 atom stereocenters. The molecule has 0 fully saturated rings.